The lowest BCUT2D eigenvalue weighted by atomic mass is 10.1. The molecule has 0 unspecified atom stereocenters. The van der Waals surface area contributed by atoms with E-state index in [1.807, 2.05) is 24.3 Å². The molecule has 0 aliphatic heterocycles. The van der Waals surface area contributed by atoms with Crippen molar-refractivity contribution in [2.45, 2.75) is 0 Å². The third kappa shape index (κ3) is 2.67. The highest BCUT2D eigenvalue weighted by Gasteiger charge is 1.99. The van der Waals surface area contributed by atoms with Gasteiger partial charge in [0.1, 0.15) is 0 Å². The van der Waals surface area contributed by atoms with E-state index in [1.54, 1.807) is 6.34 Å². The molecule has 0 saturated carbocycles. The second kappa shape index (κ2) is 5.93. The van der Waals surface area contributed by atoms with Crippen LogP contribution in [0.4, 0.5) is 11.4 Å². The van der Waals surface area contributed by atoms with Crippen molar-refractivity contribution in [2.24, 2.45) is 4.99 Å². The van der Waals surface area contributed by atoms with Gasteiger partial charge < -0.3 is 5.32 Å². The first-order chi connectivity index (χ1) is 11.4. The number of hydrogen-bond acceptors (Lipinski definition) is 1. The summed E-state index contributed by atoms with van der Waals surface area (Å²) < 4.78 is 0. The first kappa shape index (κ1) is 13.5. The molecule has 0 atom stereocenters. The van der Waals surface area contributed by atoms with Crippen LogP contribution in [0.2, 0.25) is 0 Å². The number of fused-ring (bicyclic) bond motifs is 2. The molecule has 0 aliphatic rings. The van der Waals surface area contributed by atoms with Gasteiger partial charge in [-0.05, 0) is 22.9 Å². The van der Waals surface area contributed by atoms with Gasteiger partial charge in [-0.1, -0.05) is 72.8 Å². The zero-order chi connectivity index (χ0) is 15.5. The van der Waals surface area contributed by atoms with Crippen LogP contribution in [-0.4, -0.2) is 6.34 Å². The van der Waals surface area contributed by atoms with Crippen molar-refractivity contribution in [1.29, 1.82) is 0 Å². The Hall–Kier alpha value is -3.13. The predicted molar refractivity (Wildman–Crippen MR) is 99.7 cm³/mol. The molecular weight excluding hydrogens is 280 g/mol. The van der Waals surface area contributed by atoms with Gasteiger partial charge >= 0.3 is 0 Å². The molecule has 4 rings (SSSR count). The number of anilines is 1. The van der Waals surface area contributed by atoms with Crippen molar-refractivity contribution in [2.75, 3.05) is 5.32 Å². The van der Waals surface area contributed by atoms with Crippen LogP contribution in [0.5, 0.6) is 0 Å². The Balaban J connectivity index is 1.66. The minimum atomic E-state index is 0.968. The summed E-state index contributed by atoms with van der Waals surface area (Å²) in [5.41, 5.74) is 2.03. The molecule has 2 nitrogen and oxygen atoms in total. The molecule has 2 heteroatoms. The highest BCUT2D eigenvalue weighted by atomic mass is 14.9. The Morgan fingerprint density at radius 3 is 2.04 bits per heavy atom. The fourth-order valence-electron chi connectivity index (χ4n) is 2.84. The van der Waals surface area contributed by atoms with Crippen molar-refractivity contribution in [3.05, 3.63) is 84.9 Å². The molecule has 0 amide bonds. The molecule has 0 bridgehead atoms. The number of aliphatic imine (C=N–C) groups is 1. The standard InChI is InChI=1S/C21H16N2/c1-3-11-18-16(7-1)9-5-13-20(18)22-15-23-21-14-6-10-17-8-2-4-12-19(17)21/h1-15H,(H,22,23). The van der Waals surface area contributed by atoms with Crippen molar-refractivity contribution < 1.29 is 0 Å². The molecule has 4 aromatic rings. The van der Waals surface area contributed by atoms with Crippen molar-refractivity contribution >= 4 is 39.3 Å². The third-order valence-corrected chi connectivity index (χ3v) is 3.98. The van der Waals surface area contributed by atoms with E-state index in [0.717, 1.165) is 16.8 Å². The van der Waals surface area contributed by atoms with Crippen LogP contribution in [0.15, 0.2) is 89.9 Å². The van der Waals surface area contributed by atoms with E-state index in [0.29, 0.717) is 0 Å². The van der Waals surface area contributed by atoms with Crippen LogP contribution in [0, 0.1) is 0 Å². The summed E-state index contributed by atoms with van der Waals surface area (Å²) in [6.07, 6.45) is 1.77. The van der Waals surface area contributed by atoms with Crippen LogP contribution < -0.4 is 5.32 Å². The van der Waals surface area contributed by atoms with Gasteiger partial charge in [-0.15, -0.1) is 0 Å². The van der Waals surface area contributed by atoms with Crippen molar-refractivity contribution in [1.82, 2.24) is 0 Å². The minimum absolute atomic E-state index is 0.968. The van der Waals surface area contributed by atoms with Gasteiger partial charge in [0, 0.05) is 16.5 Å². The fourth-order valence-corrected chi connectivity index (χ4v) is 2.84. The van der Waals surface area contributed by atoms with Crippen LogP contribution in [0.25, 0.3) is 21.5 Å². The summed E-state index contributed by atoms with van der Waals surface area (Å²) in [5.74, 6) is 0. The molecule has 0 fully saturated rings. The summed E-state index contributed by atoms with van der Waals surface area (Å²) in [6.45, 7) is 0. The predicted octanol–water partition coefficient (Wildman–Crippen LogP) is 5.76. The summed E-state index contributed by atoms with van der Waals surface area (Å²) in [6, 6.07) is 29.0. The second-order valence-corrected chi connectivity index (χ2v) is 5.43. The molecule has 0 heterocycles. The number of benzene rings is 4. The van der Waals surface area contributed by atoms with E-state index < -0.39 is 0 Å². The number of rotatable bonds is 3. The SMILES string of the molecule is C(=N\c1cccc2ccccc12)/Nc1cccc2ccccc12. The van der Waals surface area contributed by atoms with Gasteiger partial charge in [-0.2, -0.15) is 0 Å². The lowest BCUT2D eigenvalue weighted by Gasteiger charge is -2.06. The van der Waals surface area contributed by atoms with Crippen molar-refractivity contribution in [3.63, 3.8) is 0 Å². The van der Waals surface area contributed by atoms with E-state index >= 15 is 0 Å². The Morgan fingerprint density at radius 2 is 1.22 bits per heavy atom. The third-order valence-electron chi connectivity index (χ3n) is 3.98. The molecular formula is C21H16N2. The topological polar surface area (TPSA) is 24.4 Å². The van der Waals surface area contributed by atoms with Gasteiger partial charge in [0.25, 0.3) is 0 Å². The second-order valence-electron chi connectivity index (χ2n) is 5.43. The number of hydrogen-bond donors (Lipinski definition) is 1. The minimum Gasteiger partial charge on any atom is -0.346 e. The van der Waals surface area contributed by atoms with Crippen LogP contribution in [-0.2, 0) is 0 Å². The highest BCUT2D eigenvalue weighted by Crippen LogP contribution is 2.26. The zero-order valence-electron chi connectivity index (χ0n) is 12.6. The van der Waals surface area contributed by atoms with Gasteiger partial charge in [0.15, 0.2) is 0 Å². The van der Waals surface area contributed by atoms with Gasteiger partial charge in [0.2, 0.25) is 0 Å². The maximum absolute atomic E-state index is 4.60. The van der Waals surface area contributed by atoms with Gasteiger partial charge in [-0.25, -0.2) is 4.99 Å². The Bertz CT molecular complexity index is 992. The summed E-state index contributed by atoms with van der Waals surface area (Å²) in [5, 5.41) is 8.08. The van der Waals surface area contributed by atoms with E-state index in [1.165, 1.54) is 16.2 Å². The lowest BCUT2D eigenvalue weighted by Crippen LogP contribution is -1.95. The smallest absolute Gasteiger partial charge is 0.0930 e. The van der Waals surface area contributed by atoms with Crippen LogP contribution >= 0.6 is 0 Å². The average Bonchev–Trinajstić information content (AvgIpc) is 2.62. The largest absolute Gasteiger partial charge is 0.346 e. The quantitative estimate of drug-likeness (QED) is 0.377. The molecule has 1 N–H and O–H groups in total. The maximum Gasteiger partial charge on any atom is 0.0930 e. The summed E-state index contributed by atoms with van der Waals surface area (Å²) >= 11 is 0. The fraction of sp³-hybridized carbons (Fsp3) is 0. The first-order valence-corrected chi connectivity index (χ1v) is 7.66. The maximum atomic E-state index is 4.60. The average molecular weight is 296 g/mol. The molecule has 0 saturated heterocycles. The Labute approximate surface area is 135 Å². The summed E-state index contributed by atoms with van der Waals surface area (Å²) in [7, 11) is 0. The molecule has 110 valence electrons. The molecule has 4 aromatic carbocycles. The van der Waals surface area contributed by atoms with E-state index in [2.05, 4.69) is 71.0 Å². The zero-order valence-corrected chi connectivity index (χ0v) is 12.6. The van der Waals surface area contributed by atoms with Crippen molar-refractivity contribution in [3.8, 4) is 0 Å². The normalized spacial score (nSPS) is 11.3. The van der Waals surface area contributed by atoms with Crippen LogP contribution in [0.1, 0.15) is 0 Å². The van der Waals surface area contributed by atoms with Crippen LogP contribution in [0.3, 0.4) is 0 Å². The molecule has 0 radical (unpaired) electrons. The van der Waals surface area contributed by atoms with Gasteiger partial charge in [0.05, 0.1) is 12.0 Å². The Kier molecular flexibility index (Phi) is 3.49. The van der Waals surface area contributed by atoms with Gasteiger partial charge in [-0.3, -0.25) is 0 Å². The summed E-state index contributed by atoms with van der Waals surface area (Å²) in [4.78, 5) is 4.60. The molecule has 0 aromatic heterocycles. The Morgan fingerprint density at radius 1 is 0.609 bits per heavy atom. The van der Waals surface area contributed by atoms with E-state index in [9.17, 15) is 0 Å². The van der Waals surface area contributed by atoms with E-state index in [4.69, 9.17) is 0 Å². The molecule has 23 heavy (non-hydrogen) atoms. The monoisotopic (exact) mass is 296 g/mol. The lowest BCUT2D eigenvalue weighted by molar-refractivity contribution is 1.56. The molecule has 0 aliphatic carbocycles. The number of nitrogens with zero attached hydrogens (tertiary/aromatic N) is 1. The molecule has 0 spiro atoms. The van der Waals surface area contributed by atoms with E-state index in [-0.39, 0.29) is 0 Å². The first-order valence-electron chi connectivity index (χ1n) is 7.66. The number of nitrogens with one attached hydrogen (secondary N) is 1. The highest BCUT2D eigenvalue weighted by molar-refractivity contribution is 5.99.